The molecular weight excluding hydrogens is 226 g/mol. The number of esters is 1. The molecule has 0 amide bonds. The molecule has 18 heavy (non-hydrogen) atoms. The van der Waals surface area contributed by atoms with Gasteiger partial charge in [-0.05, 0) is 24.4 Å². The third-order valence-corrected chi connectivity index (χ3v) is 3.29. The zero-order valence-corrected chi connectivity index (χ0v) is 11.5. The number of hydrogen-bond acceptors (Lipinski definition) is 3. The number of benzene rings is 1. The smallest absolute Gasteiger partial charge is 0.323 e. The van der Waals surface area contributed by atoms with E-state index in [2.05, 4.69) is 31.3 Å². The highest BCUT2D eigenvalue weighted by atomic mass is 16.5. The third kappa shape index (κ3) is 4.49. The Labute approximate surface area is 110 Å². The Kier molecular flexibility index (Phi) is 6.44. The maximum atomic E-state index is 11.7. The zero-order valence-electron chi connectivity index (χ0n) is 11.5. The molecule has 0 aliphatic heterocycles. The molecule has 0 aliphatic rings. The number of rotatable bonds is 7. The van der Waals surface area contributed by atoms with Crippen LogP contribution in [0.25, 0.3) is 0 Å². The molecule has 0 spiro atoms. The monoisotopic (exact) mass is 249 g/mol. The lowest BCUT2D eigenvalue weighted by atomic mass is 9.99. The van der Waals surface area contributed by atoms with Crippen molar-refractivity contribution in [3.8, 4) is 0 Å². The molecule has 2 atom stereocenters. The predicted molar refractivity (Wildman–Crippen MR) is 73.4 cm³/mol. The fourth-order valence-electron chi connectivity index (χ4n) is 1.90. The van der Waals surface area contributed by atoms with Crippen molar-refractivity contribution >= 4 is 5.97 Å². The number of carbonyl (C=O) groups excluding carboxylic acids is 1. The molecular formula is C15H23NO2. The average Bonchev–Trinajstić information content (AvgIpc) is 2.43. The lowest BCUT2D eigenvalue weighted by molar-refractivity contribution is -0.144. The minimum Gasteiger partial charge on any atom is -0.468 e. The van der Waals surface area contributed by atoms with Gasteiger partial charge in [0.25, 0.3) is 0 Å². The highest BCUT2D eigenvalue weighted by Gasteiger charge is 2.23. The molecule has 3 nitrogen and oxygen atoms in total. The minimum absolute atomic E-state index is 0.169. The molecule has 100 valence electrons. The highest BCUT2D eigenvalue weighted by Crippen LogP contribution is 2.09. The van der Waals surface area contributed by atoms with E-state index in [1.54, 1.807) is 0 Å². The second-order valence-corrected chi connectivity index (χ2v) is 4.58. The zero-order chi connectivity index (χ0) is 13.4. The van der Waals surface area contributed by atoms with Crippen LogP contribution >= 0.6 is 0 Å². The van der Waals surface area contributed by atoms with E-state index in [9.17, 15) is 4.79 Å². The number of carbonyl (C=O) groups is 1. The molecule has 2 unspecified atom stereocenters. The summed E-state index contributed by atoms with van der Waals surface area (Å²) in [6.45, 7) is 4.94. The summed E-state index contributed by atoms with van der Waals surface area (Å²) in [6, 6.07) is 10.1. The van der Waals surface area contributed by atoms with Gasteiger partial charge in [-0.2, -0.15) is 0 Å². The maximum absolute atomic E-state index is 11.7. The Morgan fingerprint density at radius 1 is 1.33 bits per heavy atom. The van der Waals surface area contributed by atoms with Crippen molar-refractivity contribution in [3.63, 3.8) is 0 Å². The Morgan fingerprint density at radius 2 is 2.00 bits per heavy atom. The van der Waals surface area contributed by atoms with Crippen molar-refractivity contribution in [3.05, 3.63) is 35.9 Å². The van der Waals surface area contributed by atoms with Gasteiger partial charge < -0.3 is 10.1 Å². The largest absolute Gasteiger partial charge is 0.468 e. The molecule has 1 N–H and O–H groups in total. The van der Waals surface area contributed by atoms with Gasteiger partial charge in [-0.25, -0.2) is 0 Å². The van der Waals surface area contributed by atoms with Crippen LogP contribution < -0.4 is 5.32 Å². The van der Waals surface area contributed by atoms with E-state index < -0.39 is 0 Å². The predicted octanol–water partition coefficient (Wildman–Crippen LogP) is 2.41. The van der Waals surface area contributed by atoms with Crippen LogP contribution in [0.4, 0.5) is 0 Å². The second kappa shape index (κ2) is 7.88. The molecule has 0 bridgehead atoms. The van der Waals surface area contributed by atoms with Gasteiger partial charge in [-0.1, -0.05) is 50.6 Å². The quantitative estimate of drug-likeness (QED) is 0.754. The maximum Gasteiger partial charge on any atom is 0.323 e. The van der Waals surface area contributed by atoms with E-state index in [4.69, 9.17) is 4.74 Å². The second-order valence-electron chi connectivity index (χ2n) is 4.58. The fourth-order valence-corrected chi connectivity index (χ4v) is 1.90. The van der Waals surface area contributed by atoms with Crippen LogP contribution in [0.2, 0.25) is 0 Å². The van der Waals surface area contributed by atoms with Crippen LogP contribution in [0.15, 0.2) is 30.3 Å². The Bertz CT molecular complexity index is 351. The Hall–Kier alpha value is -1.35. The van der Waals surface area contributed by atoms with Crippen molar-refractivity contribution in [2.24, 2.45) is 5.92 Å². The first-order chi connectivity index (χ1) is 8.69. The summed E-state index contributed by atoms with van der Waals surface area (Å²) >= 11 is 0. The van der Waals surface area contributed by atoms with Gasteiger partial charge in [0, 0.05) is 0 Å². The van der Waals surface area contributed by atoms with Crippen molar-refractivity contribution in [1.82, 2.24) is 5.32 Å². The molecule has 0 saturated carbocycles. The first kappa shape index (κ1) is 14.7. The van der Waals surface area contributed by atoms with E-state index in [1.165, 1.54) is 12.7 Å². The lowest BCUT2D eigenvalue weighted by Gasteiger charge is -2.21. The summed E-state index contributed by atoms with van der Waals surface area (Å²) in [6.07, 6.45) is 1.88. The van der Waals surface area contributed by atoms with E-state index in [0.717, 1.165) is 19.4 Å². The molecule has 0 aliphatic carbocycles. The van der Waals surface area contributed by atoms with Crippen LogP contribution in [0.3, 0.4) is 0 Å². The summed E-state index contributed by atoms with van der Waals surface area (Å²) in [5.41, 5.74) is 1.28. The van der Waals surface area contributed by atoms with Crippen molar-refractivity contribution in [1.29, 1.82) is 0 Å². The molecule has 1 aromatic carbocycles. The van der Waals surface area contributed by atoms with Gasteiger partial charge in [0.05, 0.1) is 7.11 Å². The van der Waals surface area contributed by atoms with Crippen LogP contribution in [0.1, 0.15) is 25.8 Å². The number of hydrogen-bond donors (Lipinski definition) is 1. The Balaban J connectivity index is 2.45. The van der Waals surface area contributed by atoms with Crippen molar-refractivity contribution in [2.45, 2.75) is 32.7 Å². The van der Waals surface area contributed by atoms with Gasteiger partial charge in [-0.15, -0.1) is 0 Å². The number of ether oxygens (including phenoxy) is 1. The molecule has 1 aromatic rings. The molecule has 0 heterocycles. The number of methoxy groups -OCH3 is 1. The molecule has 0 radical (unpaired) electrons. The normalized spacial score (nSPS) is 13.9. The topological polar surface area (TPSA) is 38.3 Å². The van der Waals surface area contributed by atoms with Gasteiger partial charge in [0.2, 0.25) is 0 Å². The summed E-state index contributed by atoms with van der Waals surface area (Å²) in [5, 5.41) is 3.30. The van der Waals surface area contributed by atoms with E-state index in [1.807, 2.05) is 18.2 Å². The molecule has 1 rings (SSSR count). The number of nitrogens with one attached hydrogen (secondary N) is 1. The average molecular weight is 249 g/mol. The lowest BCUT2D eigenvalue weighted by Crippen LogP contribution is -2.43. The van der Waals surface area contributed by atoms with E-state index in [-0.39, 0.29) is 17.9 Å². The molecule has 0 saturated heterocycles. The molecule has 0 aromatic heterocycles. The highest BCUT2D eigenvalue weighted by molar-refractivity contribution is 5.75. The van der Waals surface area contributed by atoms with Crippen LogP contribution in [-0.4, -0.2) is 25.7 Å². The standard InChI is InChI=1S/C15H23NO2/c1-4-12(2)14(15(17)18-3)16-11-10-13-8-6-5-7-9-13/h5-9,12,14,16H,4,10-11H2,1-3H3. The minimum atomic E-state index is -0.205. The molecule has 3 heteroatoms. The van der Waals surface area contributed by atoms with E-state index in [0.29, 0.717) is 0 Å². The van der Waals surface area contributed by atoms with Crippen molar-refractivity contribution in [2.75, 3.05) is 13.7 Å². The Morgan fingerprint density at radius 3 is 2.56 bits per heavy atom. The van der Waals surface area contributed by atoms with Gasteiger partial charge in [-0.3, -0.25) is 4.79 Å². The summed E-state index contributed by atoms with van der Waals surface area (Å²) in [4.78, 5) is 11.7. The van der Waals surface area contributed by atoms with Crippen molar-refractivity contribution < 1.29 is 9.53 Å². The summed E-state index contributed by atoms with van der Waals surface area (Å²) < 4.78 is 4.84. The fraction of sp³-hybridized carbons (Fsp3) is 0.533. The third-order valence-electron chi connectivity index (χ3n) is 3.29. The SMILES string of the molecule is CCC(C)C(NCCc1ccccc1)C(=O)OC. The van der Waals surface area contributed by atoms with Crippen LogP contribution in [0.5, 0.6) is 0 Å². The van der Waals surface area contributed by atoms with Crippen LogP contribution in [0, 0.1) is 5.92 Å². The summed E-state index contributed by atoms with van der Waals surface area (Å²) in [7, 11) is 1.44. The van der Waals surface area contributed by atoms with Crippen LogP contribution in [-0.2, 0) is 16.0 Å². The van der Waals surface area contributed by atoms with E-state index >= 15 is 0 Å². The first-order valence-corrected chi connectivity index (χ1v) is 6.54. The van der Waals surface area contributed by atoms with Gasteiger partial charge in [0.15, 0.2) is 0 Å². The van der Waals surface area contributed by atoms with Gasteiger partial charge in [0.1, 0.15) is 6.04 Å². The summed E-state index contributed by atoms with van der Waals surface area (Å²) in [5.74, 6) is 0.116. The first-order valence-electron chi connectivity index (χ1n) is 6.54. The molecule has 0 fully saturated rings. The van der Waals surface area contributed by atoms with Gasteiger partial charge >= 0.3 is 5.97 Å².